The number of rotatable bonds is 4. The third kappa shape index (κ3) is 3.11. The van der Waals surface area contributed by atoms with E-state index in [1.54, 1.807) is 11.3 Å². The van der Waals surface area contributed by atoms with E-state index in [9.17, 15) is 0 Å². The fourth-order valence-corrected chi connectivity index (χ4v) is 2.79. The first-order chi connectivity index (χ1) is 8.20. The van der Waals surface area contributed by atoms with Crippen LogP contribution in [0.15, 0.2) is 23.6 Å². The summed E-state index contributed by atoms with van der Waals surface area (Å²) in [5, 5.41) is 3.38. The Labute approximate surface area is 112 Å². The minimum absolute atomic E-state index is 0.929. The summed E-state index contributed by atoms with van der Waals surface area (Å²) in [5.41, 5.74) is 4.96. The Morgan fingerprint density at radius 3 is 2.88 bits per heavy atom. The molecule has 0 atom stereocenters. The van der Waals surface area contributed by atoms with Gasteiger partial charge in [0, 0.05) is 17.4 Å². The predicted molar refractivity (Wildman–Crippen MR) is 79.2 cm³/mol. The van der Waals surface area contributed by atoms with Gasteiger partial charge in [0.1, 0.15) is 0 Å². The van der Waals surface area contributed by atoms with E-state index in [0.29, 0.717) is 0 Å². The van der Waals surface area contributed by atoms with Crippen LogP contribution in [0.5, 0.6) is 0 Å². The van der Waals surface area contributed by atoms with Crippen LogP contribution in [-0.4, -0.2) is 10.7 Å². The van der Waals surface area contributed by atoms with Gasteiger partial charge in [0.25, 0.3) is 0 Å². The maximum absolute atomic E-state index is 4.70. The molecular formula is C14H17NS2. The topological polar surface area (TPSA) is 12.9 Å². The highest BCUT2D eigenvalue weighted by Gasteiger charge is 2.07. The molecule has 0 spiro atoms. The van der Waals surface area contributed by atoms with Crippen LogP contribution in [0.25, 0.3) is 11.3 Å². The van der Waals surface area contributed by atoms with Gasteiger partial charge in [-0.25, -0.2) is 4.98 Å². The summed E-state index contributed by atoms with van der Waals surface area (Å²) in [6.07, 6.45) is 2.14. The highest BCUT2D eigenvalue weighted by molar-refractivity contribution is 7.80. The molecule has 0 N–H and O–H groups in total. The summed E-state index contributed by atoms with van der Waals surface area (Å²) in [7, 11) is 0. The molecule has 2 aromatic rings. The summed E-state index contributed by atoms with van der Waals surface area (Å²) in [4.78, 5) is 4.70. The molecule has 1 aromatic carbocycles. The number of thiol groups is 1. The van der Waals surface area contributed by atoms with Gasteiger partial charge in [0.05, 0.1) is 10.7 Å². The van der Waals surface area contributed by atoms with Crippen LogP contribution in [0.2, 0.25) is 0 Å². The van der Waals surface area contributed by atoms with Gasteiger partial charge in [-0.05, 0) is 37.7 Å². The maximum Gasteiger partial charge on any atom is 0.0932 e. The van der Waals surface area contributed by atoms with Gasteiger partial charge in [0.2, 0.25) is 0 Å². The molecule has 0 aliphatic carbocycles. The van der Waals surface area contributed by atoms with Crippen LogP contribution in [-0.2, 0) is 6.42 Å². The van der Waals surface area contributed by atoms with E-state index < -0.39 is 0 Å². The SMILES string of the molecule is Cc1ccc(C)c(-c2csc(CCCS)n2)c1. The lowest BCUT2D eigenvalue weighted by Gasteiger charge is -2.03. The quantitative estimate of drug-likeness (QED) is 0.812. The summed E-state index contributed by atoms with van der Waals surface area (Å²) >= 11 is 5.99. The van der Waals surface area contributed by atoms with Crippen molar-refractivity contribution in [1.29, 1.82) is 0 Å². The average molecular weight is 263 g/mol. The van der Waals surface area contributed by atoms with Crippen molar-refractivity contribution in [3.05, 3.63) is 39.7 Å². The lowest BCUT2D eigenvalue weighted by Crippen LogP contribution is -1.88. The minimum Gasteiger partial charge on any atom is -0.241 e. The maximum atomic E-state index is 4.70. The second-order valence-electron chi connectivity index (χ2n) is 4.27. The van der Waals surface area contributed by atoms with E-state index in [1.807, 2.05) is 0 Å². The van der Waals surface area contributed by atoms with Gasteiger partial charge in [0.15, 0.2) is 0 Å². The number of hydrogen-bond acceptors (Lipinski definition) is 3. The first kappa shape index (κ1) is 12.7. The molecular weight excluding hydrogens is 246 g/mol. The first-order valence-corrected chi connectivity index (χ1v) is 7.35. The van der Waals surface area contributed by atoms with E-state index in [2.05, 4.69) is 50.1 Å². The third-order valence-electron chi connectivity index (χ3n) is 2.77. The molecule has 17 heavy (non-hydrogen) atoms. The molecule has 0 amide bonds. The van der Waals surface area contributed by atoms with Gasteiger partial charge in [-0.3, -0.25) is 0 Å². The van der Waals surface area contributed by atoms with Crippen LogP contribution in [0.3, 0.4) is 0 Å². The predicted octanol–water partition coefficient (Wildman–Crippen LogP) is 4.29. The average Bonchev–Trinajstić information content (AvgIpc) is 2.78. The highest BCUT2D eigenvalue weighted by atomic mass is 32.1. The number of nitrogens with zero attached hydrogens (tertiary/aromatic N) is 1. The zero-order valence-electron chi connectivity index (χ0n) is 10.2. The Kier molecular flexibility index (Phi) is 4.24. The van der Waals surface area contributed by atoms with E-state index in [0.717, 1.165) is 24.3 Å². The molecule has 0 aliphatic rings. The summed E-state index contributed by atoms with van der Waals surface area (Å²) in [6, 6.07) is 6.53. The molecule has 0 fully saturated rings. The number of thiazole rings is 1. The molecule has 90 valence electrons. The molecule has 1 aromatic heterocycles. The zero-order chi connectivity index (χ0) is 12.3. The third-order valence-corrected chi connectivity index (χ3v) is 3.99. The summed E-state index contributed by atoms with van der Waals surface area (Å²) in [6.45, 7) is 4.26. The van der Waals surface area contributed by atoms with E-state index in [-0.39, 0.29) is 0 Å². The monoisotopic (exact) mass is 263 g/mol. The zero-order valence-corrected chi connectivity index (χ0v) is 11.9. The lowest BCUT2D eigenvalue weighted by molar-refractivity contribution is 0.923. The van der Waals surface area contributed by atoms with Gasteiger partial charge >= 0.3 is 0 Å². The van der Waals surface area contributed by atoms with Crippen LogP contribution < -0.4 is 0 Å². The van der Waals surface area contributed by atoms with E-state index >= 15 is 0 Å². The smallest absolute Gasteiger partial charge is 0.0932 e. The molecule has 0 saturated heterocycles. The van der Waals surface area contributed by atoms with Crippen LogP contribution in [0.1, 0.15) is 22.6 Å². The summed E-state index contributed by atoms with van der Waals surface area (Å²) in [5.74, 6) is 0.929. The Morgan fingerprint density at radius 2 is 2.12 bits per heavy atom. The fourth-order valence-electron chi connectivity index (χ4n) is 1.79. The number of hydrogen-bond donors (Lipinski definition) is 1. The van der Waals surface area contributed by atoms with Crippen LogP contribution in [0.4, 0.5) is 0 Å². The molecule has 2 rings (SSSR count). The Hall–Kier alpha value is -0.800. The van der Waals surface area contributed by atoms with Crippen molar-refractivity contribution in [3.8, 4) is 11.3 Å². The Morgan fingerprint density at radius 1 is 1.29 bits per heavy atom. The largest absolute Gasteiger partial charge is 0.241 e. The van der Waals surface area contributed by atoms with Gasteiger partial charge in [-0.15, -0.1) is 11.3 Å². The van der Waals surface area contributed by atoms with Gasteiger partial charge < -0.3 is 0 Å². The van der Waals surface area contributed by atoms with Crippen molar-refractivity contribution in [2.45, 2.75) is 26.7 Å². The molecule has 1 heterocycles. The summed E-state index contributed by atoms with van der Waals surface area (Å²) < 4.78 is 0. The van der Waals surface area contributed by atoms with Crippen molar-refractivity contribution in [1.82, 2.24) is 4.98 Å². The second kappa shape index (κ2) is 5.69. The molecule has 1 nitrogen and oxygen atoms in total. The minimum atomic E-state index is 0.929. The lowest BCUT2D eigenvalue weighted by atomic mass is 10.0. The van der Waals surface area contributed by atoms with Gasteiger partial charge in [-0.2, -0.15) is 12.6 Å². The second-order valence-corrected chi connectivity index (χ2v) is 5.66. The molecule has 0 radical (unpaired) electrons. The first-order valence-electron chi connectivity index (χ1n) is 5.83. The normalized spacial score (nSPS) is 10.8. The number of aromatic nitrogens is 1. The van der Waals surface area contributed by atoms with Crippen molar-refractivity contribution in [2.24, 2.45) is 0 Å². The molecule has 0 saturated carbocycles. The fraction of sp³-hybridized carbons (Fsp3) is 0.357. The molecule has 0 unspecified atom stereocenters. The molecule has 3 heteroatoms. The standard InChI is InChI=1S/C14H17NS2/c1-10-5-6-11(2)12(8-10)13-9-17-14(15-13)4-3-7-16/h5-6,8-9,16H,3-4,7H2,1-2H3. The van der Waals surface area contributed by atoms with Gasteiger partial charge in [-0.1, -0.05) is 17.7 Å². The van der Waals surface area contributed by atoms with E-state index in [1.165, 1.54) is 21.7 Å². The number of aryl methyl sites for hydroxylation is 3. The van der Waals surface area contributed by atoms with Crippen LogP contribution in [0, 0.1) is 13.8 Å². The van der Waals surface area contributed by atoms with Crippen molar-refractivity contribution < 1.29 is 0 Å². The molecule has 0 aliphatic heterocycles. The Balaban J connectivity index is 2.27. The van der Waals surface area contributed by atoms with E-state index in [4.69, 9.17) is 4.98 Å². The number of benzene rings is 1. The van der Waals surface area contributed by atoms with Crippen molar-refractivity contribution in [3.63, 3.8) is 0 Å². The van der Waals surface area contributed by atoms with Crippen LogP contribution >= 0.6 is 24.0 Å². The highest BCUT2D eigenvalue weighted by Crippen LogP contribution is 2.26. The Bertz CT molecular complexity index is 503. The van der Waals surface area contributed by atoms with Crippen molar-refractivity contribution in [2.75, 3.05) is 5.75 Å². The van der Waals surface area contributed by atoms with Crippen molar-refractivity contribution >= 4 is 24.0 Å². The molecule has 0 bridgehead atoms.